The summed E-state index contributed by atoms with van der Waals surface area (Å²) < 4.78 is 0. The van der Waals surface area contributed by atoms with Crippen LogP contribution in [0.1, 0.15) is 44.7 Å². The van der Waals surface area contributed by atoms with E-state index in [0.717, 1.165) is 5.56 Å². The minimum absolute atomic E-state index is 0.206. The standard InChI is InChI=1S/C17H25N3O4/c1-3-7-14(20-16(23)13(18)10-15(21)22)17(24)19-11(2)12-8-5-4-6-9-12/h4-6,8-9,11,13-14H,3,7,10,18H2,1-2H3,(H,19,24)(H,20,23)(H,21,22)/t11?,13-,14-/m0/s1. The molecule has 5 N–H and O–H groups in total. The molecule has 3 atom stereocenters. The third kappa shape index (κ3) is 6.37. The molecule has 24 heavy (non-hydrogen) atoms. The zero-order valence-electron chi connectivity index (χ0n) is 14.0. The molecule has 0 aliphatic carbocycles. The summed E-state index contributed by atoms with van der Waals surface area (Å²) in [4.78, 5) is 35.0. The van der Waals surface area contributed by atoms with E-state index in [4.69, 9.17) is 10.8 Å². The second-order valence-electron chi connectivity index (χ2n) is 5.70. The summed E-state index contributed by atoms with van der Waals surface area (Å²) in [5, 5.41) is 14.1. The molecule has 1 rings (SSSR count). The fourth-order valence-electron chi connectivity index (χ4n) is 2.26. The number of nitrogens with two attached hydrogens (primary N) is 1. The monoisotopic (exact) mass is 335 g/mol. The summed E-state index contributed by atoms with van der Waals surface area (Å²) in [5.41, 5.74) is 6.48. The number of carboxylic acids is 1. The molecule has 0 bridgehead atoms. The van der Waals surface area contributed by atoms with E-state index < -0.39 is 30.4 Å². The highest BCUT2D eigenvalue weighted by Crippen LogP contribution is 2.12. The molecule has 0 saturated heterocycles. The fraction of sp³-hybridized carbons (Fsp3) is 0.471. The van der Waals surface area contributed by atoms with Gasteiger partial charge in [0.1, 0.15) is 6.04 Å². The lowest BCUT2D eigenvalue weighted by molar-refractivity contribution is -0.139. The average molecular weight is 335 g/mol. The van der Waals surface area contributed by atoms with Crippen LogP contribution in [0.3, 0.4) is 0 Å². The summed E-state index contributed by atoms with van der Waals surface area (Å²) in [6.45, 7) is 3.75. The first-order valence-corrected chi connectivity index (χ1v) is 7.98. The molecule has 0 aliphatic heterocycles. The van der Waals surface area contributed by atoms with Gasteiger partial charge < -0.3 is 21.5 Å². The molecule has 0 fully saturated rings. The zero-order chi connectivity index (χ0) is 18.1. The van der Waals surface area contributed by atoms with Gasteiger partial charge in [-0.1, -0.05) is 43.7 Å². The quantitative estimate of drug-likeness (QED) is 0.535. The number of amides is 2. The van der Waals surface area contributed by atoms with Crippen LogP contribution in [0.5, 0.6) is 0 Å². The second-order valence-corrected chi connectivity index (χ2v) is 5.70. The van der Waals surface area contributed by atoms with Crippen molar-refractivity contribution in [1.82, 2.24) is 10.6 Å². The molecule has 0 saturated carbocycles. The number of aliphatic carboxylic acids is 1. The predicted molar refractivity (Wildman–Crippen MR) is 90.1 cm³/mol. The summed E-state index contributed by atoms with van der Waals surface area (Å²) in [5.74, 6) is -2.12. The number of carboxylic acid groups (broad SMARTS) is 1. The molecular formula is C17H25N3O4. The lowest BCUT2D eigenvalue weighted by atomic mass is 10.1. The van der Waals surface area contributed by atoms with E-state index in [1.807, 2.05) is 44.2 Å². The molecule has 0 aliphatic rings. The lowest BCUT2D eigenvalue weighted by Gasteiger charge is -2.22. The number of hydrogen-bond acceptors (Lipinski definition) is 4. The molecule has 2 amide bonds. The SMILES string of the molecule is CCC[C@H](NC(=O)[C@@H](N)CC(=O)O)C(=O)NC(C)c1ccccc1. The van der Waals surface area contributed by atoms with Crippen molar-refractivity contribution in [2.24, 2.45) is 5.73 Å². The van der Waals surface area contributed by atoms with Crippen LogP contribution in [-0.4, -0.2) is 35.0 Å². The van der Waals surface area contributed by atoms with E-state index >= 15 is 0 Å². The molecule has 0 radical (unpaired) electrons. The molecule has 1 aromatic carbocycles. The topological polar surface area (TPSA) is 122 Å². The first-order chi connectivity index (χ1) is 11.3. The van der Waals surface area contributed by atoms with Crippen molar-refractivity contribution in [2.45, 2.75) is 51.2 Å². The Morgan fingerprint density at radius 3 is 2.29 bits per heavy atom. The molecule has 0 heterocycles. The van der Waals surface area contributed by atoms with Gasteiger partial charge in [0, 0.05) is 0 Å². The Labute approximate surface area is 141 Å². The smallest absolute Gasteiger partial charge is 0.305 e. The van der Waals surface area contributed by atoms with Crippen LogP contribution in [0.15, 0.2) is 30.3 Å². The van der Waals surface area contributed by atoms with Crippen molar-refractivity contribution in [1.29, 1.82) is 0 Å². The van der Waals surface area contributed by atoms with Crippen LogP contribution in [0.4, 0.5) is 0 Å². The van der Waals surface area contributed by atoms with Crippen molar-refractivity contribution in [3.05, 3.63) is 35.9 Å². The molecule has 7 nitrogen and oxygen atoms in total. The summed E-state index contributed by atoms with van der Waals surface area (Å²) >= 11 is 0. The Bertz CT molecular complexity index is 562. The van der Waals surface area contributed by atoms with Crippen LogP contribution in [0.25, 0.3) is 0 Å². The Hall–Kier alpha value is -2.41. The summed E-state index contributed by atoms with van der Waals surface area (Å²) in [6, 6.07) is 7.34. The first-order valence-electron chi connectivity index (χ1n) is 7.98. The van der Waals surface area contributed by atoms with E-state index in [1.54, 1.807) is 0 Å². The maximum Gasteiger partial charge on any atom is 0.305 e. The van der Waals surface area contributed by atoms with E-state index in [0.29, 0.717) is 12.8 Å². The van der Waals surface area contributed by atoms with Crippen molar-refractivity contribution < 1.29 is 19.5 Å². The largest absolute Gasteiger partial charge is 0.481 e. The molecule has 7 heteroatoms. The van der Waals surface area contributed by atoms with Gasteiger partial charge in [-0.2, -0.15) is 0 Å². The number of carbonyl (C=O) groups is 3. The molecule has 1 aromatic rings. The van der Waals surface area contributed by atoms with Crippen LogP contribution in [0.2, 0.25) is 0 Å². The van der Waals surface area contributed by atoms with Crippen LogP contribution < -0.4 is 16.4 Å². The van der Waals surface area contributed by atoms with Crippen molar-refractivity contribution in [3.63, 3.8) is 0 Å². The first kappa shape index (κ1) is 19.6. The molecule has 0 spiro atoms. The summed E-state index contributed by atoms with van der Waals surface area (Å²) in [6.07, 6.45) is 0.651. The van der Waals surface area contributed by atoms with Gasteiger partial charge in [-0.25, -0.2) is 0 Å². The highest BCUT2D eigenvalue weighted by molar-refractivity contribution is 5.91. The van der Waals surface area contributed by atoms with Gasteiger partial charge in [0.2, 0.25) is 11.8 Å². The predicted octanol–water partition coefficient (Wildman–Crippen LogP) is 0.951. The lowest BCUT2D eigenvalue weighted by Crippen LogP contribution is -2.52. The maximum absolute atomic E-state index is 12.4. The number of benzene rings is 1. The maximum atomic E-state index is 12.4. The zero-order valence-corrected chi connectivity index (χ0v) is 14.0. The average Bonchev–Trinajstić information content (AvgIpc) is 2.54. The molecule has 132 valence electrons. The van der Waals surface area contributed by atoms with E-state index in [9.17, 15) is 14.4 Å². The van der Waals surface area contributed by atoms with Gasteiger partial charge >= 0.3 is 5.97 Å². The Kier molecular flexibility index (Phi) is 7.91. The van der Waals surface area contributed by atoms with Crippen molar-refractivity contribution >= 4 is 17.8 Å². The highest BCUT2D eigenvalue weighted by atomic mass is 16.4. The van der Waals surface area contributed by atoms with E-state index in [-0.39, 0.29) is 11.9 Å². The molecule has 1 unspecified atom stereocenters. The van der Waals surface area contributed by atoms with Gasteiger partial charge in [-0.15, -0.1) is 0 Å². The minimum Gasteiger partial charge on any atom is -0.481 e. The third-order valence-electron chi connectivity index (χ3n) is 3.60. The van der Waals surface area contributed by atoms with Crippen LogP contribution in [0, 0.1) is 0 Å². The fourth-order valence-corrected chi connectivity index (χ4v) is 2.26. The van der Waals surface area contributed by atoms with Gasteiger partial charge in [-0.05, 0) is 18.9 Å². The van der Waals surface area contributed by atoms with Gasteiger partial charge in [0.25, 0.3) is 0 Å². The molecule has 0 aromatic heterocycles. The number of rotatable bonds is 9. The van der Waals surface area contributed by atoms with E-state index in [1.165, 1.54) is 0 Å². The van der Waals surface area contributed by atoms with Gasteiger partial charge in [0.15, 0.2) is 0 Å². The number of nitrogens with one attached hydrogen (secondary N) is 2. The Balaban J connectivity index is 2.67. The normalized spacial score (nSPS) is 14.3. The van der Waals surface area contributed by atoms with Gasteiger partial charge in [0.05, 0.1) is 18.5 Å². The van der Waals surface area contributed by atoms with Gasteiger partial charge in [-0.3, -0.25) is 14.4 Å². The Morgan fingerprint density at radius 1 is 1.12 bits per heavy atom. The number of carbonyl (C=O) groups excluding carboxylic acids is 2. The second kappa shape index (κ2) is 9.67. The van der Waals surface area contributed by atoms with Crippen molar-refractivity contribution in [3.8, 4) is 0 Å². The summed E-state index contributed by atoms with van der Waals surface area (Å²) in [7, 11) is 0. The molecular weight excluding hydrogens is 310 g/mol. The third-order valence-corrected chi connectivity index (χ3v) is 3.60. The highest BCUT2D eigenvalue weighted by Gasteiger charge is 2.25. The van der Waals surface area contributed by atoms with E-state index in [2.05, 4.69) is 10.6 Å². The minimum atomic E-state index is -1.18. The Morgan fingerprint density at radius 2 is 1.75 bits per heavy atom. The number of hydrogen-bond donors (Lipinski definition) is 4. The van der Waals surface area contributed by atoms with Crippen LogP contribution >= 0.6 is 0 Å². The van der Waals surface area contributed by atoms with Crippen LogP contribution in [-0.2, 0) is 14.4 Å². The van der Waals surface area contributed by atoms with Crippen molar-refractivity contribution in [2.75, 3.05) is 0 Å².